The van der Waals surface area contributed by atoms with E-state index in [0.717, 1.165) is 30.6 Å². The smallest absolute Gasteiger partial charge is 0.212 e. The second-order valence-corrected chi connectivity index (χ2v) is 4.62. The molecule has 1 saturated heterocycles. The van der Waals surface area contributed by atoms with Crippen LogP contribution in [0, 0.1) is 0 Å². The Bertz CT molecular complexity index is 530. The number of aromatic nitrogens is 3. The molecule has 5 nitrogen and oxygen atoms in total. The van der Waals surface area contributed by atoms with Crippen LogP contribution in [0.15, 0.2) is 30.7 Å². The van der Waals surface area contributed by atoms with Gasteiger partial charge in [0.2, 0.25) is 5.88 Å². The maximum Gasteiger partial charge on any atom is 0.212 e. The fraction of sp³-hybridized carbons (Fsp3) is 0.429. The molecule has 100 valence electrons. The fourth-order valence-corrected chi connectivity index (χ4v) is 2.25. The van der Waals surface area contributed by atoms with Gasteiger partial charge in [-0.05, 0) is 25.3 Å². The Morgan fingerprint density at radius 1 is 1.26 bits per heavy atom. The molecule has 1 unspecified atom stereocenters. The van der Waals surface area contributed by atoms with E-state index in [0.29, 0.717) is 5.88 Å². The largest absolute Gasteiger partial charge is 0.481 e. The van der Waals surface area contributed by atoms with E-state index < -0.39 is 0 Å². The summed E-state index contributed by atoms with van der Waals surface area (Å²) < 4.78 is 12.7. The second kappa shape index (κ2) is 5.40. The third-order valence-electron chi connectivity index (χ3n) is 3.33. The zero-order valence-corrected chi connectivity index (χ0v) is 11.0. The van der Waals surface area contributed by atoms with Crippen molar-refractivity contribution in [2.24, 2.45) is 0 Å². The van der Waals surface area contributed by atoms with Crippen LogP contribution >= 0.6 is 0 Å². The number of pyridine rings is 1. The molecule has 0 saturated carbocycles. The topological polar surface area (TPSA) is 49.2 Å². The van der Waals surface area contributed by atoms with Crippen LogP contribution in [-0.4, -0.2) is 28.5 Å². The second-order valence-electron chi connectivity index (χ2n) is 4.62. The van der Waals surface area contributed by atoms with Crippen molar-refractivity contribution in [3.05, 3.63) is 30.7 Å². The summed E-state index contributed by atoms with van der Waals surface area (Å²) in [6, 6.07) is 3.83. The maximum absolute atomic E-state index is 5.71. The van der Waals surface area contributed by atoms with Crippen LogP contribution in [0.1, 0.15) is 25.5 Å². The molecule has 2 aromatic heterocycles. The van der Waals surface area contributed by atoms with Crippen molar-refractivity contribution < 1.29 is 9.47 Å². The molecule has 0 aromatic carbocycles. The first-order valence-corrected chi connectivity index (χ1v) is 6.53. The highest BCUT2D eigenvalue weighted by Crippen LogP contribution is 2.25. The minimum atomic E-state index is 0.0775. The lowest BCUT2D eigenvalue weighted by molar-refractivity contribution is -0.0394. The molecule has 5 heteroatoms. The van der Waals surface area contributed by atoms with Gasteiger partial charge in [-0.15, -0.1) is 0 Å². The summed E-state index contributed by atoms with van der Waals surface area (Å²) >= 11 is 0. The molecule has 3 rings (SSSR count). The van der Waals surface area contributed by atoms with Crippen LogP contribution < -0.4 is 4.74 Å². The molecule has 0 spiro atoms. The molecule has 19 heavy (non-hydrogen) atoms. The maximum atomic E-state index is 5.71. The van der Waals surface area contributed by atoms with Crippen LogP contribution in [0.2, 0.25) is 0 Å². The quantitative estimate of drug-likeness (QED) is 0.850. The number of ether oxygens (including phenoxy) is 2. The summed E-state index contributed by atoms with van der Waals surface area (Å²) in [5.41, 5.74) is 2.08. The first-order valence-electron chi connectivity index (χ1n) is 6.53. The standard InChI is InChI=1S/C14H17N3O2/c1-18-13-6-5-11(8-15-13)12-9-16-17(10-12)14-4-2-3-7-19-14/h5-6,8-10,14H,2-4,7H2,1H3. The molecular weight excluding hydrogens is 242 g/mol. The van der Waals surface area contributed by atoms with Gasteiger partial charge in [0.25, 0.3) is 0 Å². The Balaban J connectivity index is 1.79. The van der Waals surface area contributed by atoms with Crippen molar-refractivity contribution in [1.29, 1.82) is 0 Å². The van der Waals surface area contributed by atoms with Crippen molar-refractivity contribution in [1.82, 2.24) is 14.8 Å². The Morgan fingerprint density at radius 3 is 2.89 bits per heavy atom. The predicted molar refractivity (Wildman–Crippen MR) is 70.9 cm³/mol. The molecule has 1 fully saturated rings. The van der Waals surface area contributed by atoms with E-state index in [-0.39, 0.29) is 6.23 Å². The van der Waals surface area contributed by atoms with Gasteiger partial charge in [0.05, 0.1) is 13.3 Å². The highest BCUT2D eigenvalue weighted by Gasteiger charge is 2.16. The number of hydrogen-bond donors (Lipinski definition) is 0. The van der Waals surface area contributed by atoms with Gasteiger partial charge in [-0.1, -0.05) is 0 Å². The third kappa shape index (κ3) is 2.61. The van der Waals surface area contributed by atoms with Gasteiger partial charge in [0, 0.05) is 36.2 Å². The van der Waals surface area contributed by atoms with Gasteiger partial charge >= 0.3 is 0 Å². The molecule has 0 N–H and O–H groups in total. The highest BCUT2D eigenvalue weighted by atomic mass is 16.5. The third-order valence-corrected chi connectivity index (χ3v) is 3.33. The van der Waals surface area contributed by atoms with Crippen LogP contribution in [0.4, 0.5) is 0 Å². The Kier molecular flexibility index (Phi) is 3.46. The molecule has 1 atom stereocenters. The van der Waals surface area contributed by atoms with Crippen LogP contribution in [0.3, 0.4) is 0 Å². The summed E-state index contributed by atoms with van der Waals surface area (Å²) in [5.74, 6) is 0.617. The van der Waals surface area contributed by atoms with Crippen molar-refractivity contribution in [2.45, 2.75) is 25.5 Å². The van der Waals surface area contributed by atoms with E-state index in [1.165, 1.54) is 6.42 Å². The van der Waals surface area contributed by atoms with Crippen molar-refractivity contribution in [3.8, 4) is 17.0 Å². The lowest BCUT2D eigenvalue weighted by atomic mass is 10.1. The summed E-state index contributed by atoms with van der Waals surface area (Å²) in [4.78, 5) is 4.20. The monoisotopic (exact) mass is 259 g/mol. The van der Waals surface area contributed by atoms with Gasteiger partial charge in [0.15, 0.2) is 0 Å². The zero-order chi connectivity index (χ0) is 13.1. The van der Waals surface area contributed by atoms with E-state index in [9.17, 15) is 0 Å². The summed E-state index contributed by atoms with van der Waals surface area (Å²) in [5, 5.41) is 4.39. The molecular formula is C14H17N3O2. The normalized spacial score (nSPS) is 19.3. The molecule has 0 aliphatic carbocycles. The van der Waals surface area contributed by atoms with Crippen molar-refractivity contribution in [2.75, 3.05) is 13.7 Å². The van der Waals surface area contributed by atoms with Crippen LogP contribution in [-0.2, 0) is 4.74 Å². The average molecular weight is 259 g/mol. The van der Waals surface area contributed by atoms with E-state index in [4.69, 9.17) is 9.47 Å². The van der Waals surface area contributed by atoms with E-state index in [1.54, 1.807) is 13.3 Å². The molecule has 0 amide bonds. The number of nitrogens with zero attached hydrogens (tertiary/aromatic N) is 3. The summed E-state index contributed by atoms with van der Waals surface area (Å²) in [7, 11) is 1.61. The van der Waals surface area contributed by atoms with Crippen molar-refractivity contribution in [3.63, 3.8) is 0 Å². The SMILES string of the molecule is COc1ccc(-c2cnn(C3CCCCO3)c2)cn1. The van der Waals surface area contributed by atoms with E-state index in [1.807, 2.05) is 29.2 Å². The molecule has 0 bridgehead atoms. The zero-order valence-electron chi connectivity index (χ0n) is 11.0. The average Bonchev–Trinajstić information content (AvgIpc) is 2.98. The first-order chi connectivity index (χ1) is 9.36. The van der Waals surface area contributed by atoms with E-state index >= 15 is 0 Å². The number of methoxy groups -OCH3 is 1. The Morgan fingerprint density at radius 2 is 2.21 bits per heavy atom. The fourth-order valence-electron chi connectivity index (χ4n) is 2.25. The lowest BCUT2D eigenvalue weighted by Gasteiger charge is -2.22. The molecule has 1 aliphatic heterocycles. The summed E-state index contributed by atoms with van der Waals surface area (Å²) in [6.45, 7) is 0.823. The van der Waals surface area contributed by atoms with Crippen LogP contribution in [0.25, 0.3) is 11.1 Å². The Labute approximate surface area is 112 Å². The minimum Gasteiger partial charge on any atom is -0.481 e. The lowest BCUT2D eigenvalue weighted by Crippen LogP contribution is -2.18. The van der Waals surface area contributed by atoms with Gasteiger partial charge < -0.3 is 9.47 Å². The molecule has 1 aliphatic rings. The van der Waals surface area contributed by atoms with Gasteiger partial charge in [0.1, 0.15) is 6.23 Å². The number of rotatable bonds is 3. The van der Waals surface area contributed by atoms with Gasteiger partial charge in [-0.3, -0.25) is 0 Å². The summed E-state index contributed by atoms with van der Waals surface area (Å²) in [6.07, 6.45) is 9.11. The van der Waals surface area contributed by atoms with Gasteiger partial charge in [-0.25, -0.2) is 9.67 Å². The first kappa shape index (κ1) is 12.2. The molecule has 2 aromatic rings. The molecule has 0 radical (unpaired) electrons. The number of hydrogen-bond acceptors (Lipinski definition) is 4. The minimum absolute atomic E-state index is 0.0775. The molecule has 3 heterocycles. The Hall–Kier alpha value is -1.88. The van der Waals surface area contributed by atoms with Crippen LogP contribution in [0.5, 0.6) is 5.88 Å². The van der Waals surface area contributed by atoms with Gasteiger partial charge in [-0.2, -0.15) is 5.10 Å². The van der Waals surface area contributed by atoms with E-state index in [2.05, 4.69) is 10.1 Å². The predicted octanol–water partition coefficient (Wildman–Crippen LogP) is 2.65. The van der Waals surface area contributed by atoms with Crippen molar-refractivity contribution >= 4 is 0 Å². The highest BCUT2D eigenvalue weighted by molar-refractivity contribution is 5.60.